The van der Waals surface area contributed by atoms with Crippen LogP contribution in [0.1, 0.15) is 65.7 Å². The van der Waals surface area contributed by atoms with E-state index in [0.717, 1.165) is 31.3 Å². The summed E-state index contributed by atoms with van der Waals surface area (Å²) < 4.78 is 4.89. The number of allylic oxidation sites excluding steroid dienone is 1. The van der Waals surface area contributed by atoms with Crippen molar-refractivity contribution >= 4 is 17.5 Å². The SMILES string of the molecule is CC(=O)OCC(=O)[C@@]1(O)CC[C@H]2[C@@H]3CCC4=CC(=O)CC[C@]4(C)[C@H]3[C@@H](O)C[C@@]21C.[Na+]. The maximum atomic E-state index is 12.9. The molecule has 0 radical (unpaired) electrons. The summed E-state index contributed by atoms with van der Waals surface area (Å²) in [5.41, 5.74) is -1.36. The molecule has 0 saturated heterocycles. The van der Waals surface area contributed by atoms with Crippen LogP contribution in [0.2, 0.25) is 0 Å². The summed E-state index contributed by atoms with van der Waals surface area (Å²) >= 11 is 0. The molecule has 160 valence electrons. The zero-order chi connectivity index (χ0) is 21.2. The molecular formula is C23H32NaO6+. The van der Waals surface area contributed by atoms with Gasteiger partial charge in [0.15, 0.2) is 12.4 Å². The van der Waals surface area contributed by atoms with E-state index in [9.17, 15) is 24.6 Å². The third-order valence-corrected chi connectivity index (χ3v) is 8.92. The molecule has 6 nitrogen and oxygen atoms in total. The largest absolute Gasteiger partial charge is 1.00 e. The van der Waals surface area contributed by atoms with E-state index in [1.165, 1.54) is 6.92 Å². The molecule has 0 aromatic carbocycles. The van der Waals surface area contributed by atoms with Gasteiger partial charge in [-0.05, 0) is 67.8 Å². The van der Waals surface area contributed by atoms with Crippen LogP contribution >= 0.6 is 0 Å². The van der Waals surface area contributed by atoms with Crippen molar-refractivity contribution in [3.05, 3.63) is 11.6 Å². The summed E-state index contributed by atoms with van der Waals surface area (Å²) in [7, 11) is 0. The summed E-state index contributed by atoms with van der Waals surface area (Å²) in [6.07, 6.45) is 5.54. The standard InChI is InChI=1S/C23H32O6.Na/c1-13(24)29-12-19(27)23(28)9-7-17-16-5-4-14-10-15(25)6-8-21(14,2)20(16)18(26)11-22(17,23)3;/h10,16-18,20,26,28H,4-9,11-12H2,1-3H3;/q;+1/t16-,17-,18-,20+,21-,22-,23-;/m0./s1. The number of hydrogen-bond donors (Lipinski definition) is 2. The topological polar surface area (TPSA) is 101 Å². The monoisotopic (exact) mass is 427 g/mol. The third kappa shape index (κ3) is 3.38. The molecule has 3 fully saturated rings. The predicted octanol–water partition coefficient (Wildman–Crippen LogP) is -0.644. The van der Waals surface area contributed by atoms with Gasteiger partial charge in [0.25, 0.3) is 0 Å². The first-order valence-electron chi connectivity index (χ1n) is 10.8. The quantitative estimate of drug-likeness (QED) is 0.459. The van der Waals surface area contributed by atoms with Gasteiger partial charge in [-0.15, -0.1) is 0 Å². The number of rotatable bonds is 3. The molecule has 4 aliphatic rings. The molecule has 2 N–H and O–H groups in total. The number of esters is 1. The van der Waals surface area contributed by atoms with E-state index in [4.69, 9.17) is 4.74 Å². The van der Waals surface area contributed by atoms with Crippen molar-refractivity contribution in [1.82, 2.24) is 0 Å². The van der Waals surface area contributed by atoms with Crippen LogP contribution in [0.15, 0.2) is 11.6 Å². The summed E-state index contributed by atoms with van der Waals surface area (Å²) in [6, 6.07) is 0. The summed E-state index contributed by atoms with van der Waals surface area (Å²) in [5, 5.41) is 22.8. The van der Waals surface area contributed by atoms with Crippen LogP contribution in [0.4, 0.5) is 0 Å². The first kappa shape index (κ1) is 24.1. The molecule has 0 spiro atoms. The van der Waals surface area contributed by atoms with Crippen molar-refractivity contribution in [2.45, 2.75) is 77.4 Å². The Labute approximate surface area is 200 Å². The third-order valence-electron chi connectivity index (χ3n) is 8.92. The minimum atomic E-state index is -1.58. The van der Waals surface area contributed by atoms with Gasteiger partial charge in [-0.2, -0.15) is 0 Å². The molecule has 7 atom stereocenters. The molecule has 3 saturated carbocycles. The summed E-state index contributed by atoms with van der Waals surface area (Å²) in [6.45, 7) is 4.92. The van der Waals surface area contributed by atoms with E-state index in [1.54, 1.807) is 6.08 Å². The maximum Gasteiger partial charge on any atom is 1.00 e. The Bertz CT molecular complexity index is 793. The van der Waals surface area contributed by atoms with E-state index in [0.29, 0.717) is 19.3 Å². The molecule has 0 amide bonds. The molecule has 0 unspecified atom stereocenters. The molecule has 0 aromatic rings. The van der Waals surface area contributed by atoms with E-state index in [-0.39, 0.29) is 58.5 Å². The van der Waals surface area contributed by atoms with Crippen molar-refractivity contribution in [2.24, 2.45) is 28.6 Å². The van der Waals surface area contributed by atoms with Crippen LogP contribution in [0, 0.1) is 28.6 Å². The normalized spacial score (nSPS) is 44.7. The summed E-state index contributed by atoms with van der Waals surface area (Å²) in [5.74, 6) is -0.462. The number of carbonyl (C=O) groups is 3. The van der Waals surface area contributed by atoms with Gasteiger partial charge in [0, 0.05) is 18.8 Å². The van der Waals surface area contributed by atoms with Crippen molar-refractivity contribution in [1.29, 1.82) is 0 Å². The van der Waals surface area contributed by atoms with Gasteiger partial charge in [0.05, 0.1) is 6.10 Å². The van der Waals surface area contributed by atoms with Crippen molar-refractivity contribution in [3.8, 4) is 0 Å². The van der Waals surface area contributed by atoms with E-state index >= 15 is 0 Å². The number of carbonyl (C=O) groups excluding carboxylic acids is 3. The van der Waals surface area contributed by atoms with E-state index in [2.05, 4.69) is 6.92 Å². The number of ketones is 2. The van der Waals surface area contributed by atoms with Crippen molar-refractivity contribution < 1.29 is 58.9 Å². The number of fused-ring (bicyclic) bond motifs is 5. The van der Waals surface area contributed by atoms with Gasteiger partial charge in [-0.25, -0.2) is 0 Å². The van der Waals surface area contributed by atoms with Crippen LogP contribution in [-0.2, 0) is 19.1 Å². The number of hydrogen-bond acceptors (Lipinski definition) is 6. The fourth-order valence-corrected chi connectivity index (χ4v) is 7.44. The Hall–Kier alpha value is -0.530. The Morgan fingerprint density at radius 1 is 1.20 bits per heavy atom. The van der Waals surface area contributed by atoms with Crippen LogP contribution in [0.5, 0.6) is 0 Å². The molecule has 7 heteroatoms. The molecule has 0 aromatic heterocycles. The van der Waals surface area contributed by atoms with Crippen LogP contribution in [0.25, 0.3) is 0 Å². The number of Topliss-reactive ketones (excluding diaryl/α,β-unsaturated/α-hetero) is 1. The van der Waals surface area contributed by atoms with Gasteiger partial charge >= 0.3 is 35.5 Å². The average Bonchev–Trinajstić information content (AvgIpc) is 2.91. The first-order valence-corrected chi connectivity index (χ1v) is 10.8. The minimum Gasteiger partial charge on any atom is -0.458 e. The second kappa shape index (κ2) is 8.11. The van der Waals surface area contributed by atoms with Crippen LogP contribution in [0.3, 0.4) is 0 Å². The Balaban J connectivity index is 0.00000256. The minimum absolute atomic E-state index is 0. The molecule has 4 rings (SSSR count). The fraction of sp³-hybridized carbons (Fsp3) is 0.783. The number of aliphatic hydroxyl groups excluding tert-OH is 1. The zero-order valence-electron chi connectivity index (χ0n) is 18.6. The molecule has 0 heterocycles. The smallest absolute Gasteiger partial charge is 0.458 e. The van der Waals surface area contributed by atoms with Crippen molar-refractivity contribution in [2.75, 3.05) is 6.61 Å². The van der Waals surface area contributed by atoms with Crippen LogP contribution in [-0.4, -0.2) is 46.1 Å². The number of aliphatic hydroxyl groups is 2. The molecule has 30 heavy (non-hydrogen) atoms. The van der Waals surface area contributed by atoms with E-state index in [1.807, 2.05) is 6.92 Å². The van der Waals surface area contributed by atoms with Gasteiger partial charge < -0.3 is 14.9 Å². The average molecular weight is 427 g/mol. The maximum absolute atomic E-state index is 12.9. The van der Waals surface area contributed by atoms with Crippen molar-refractivity contribution in [3.63, 3.8) is 0 Å². The second-order valence-corrected chi connectivity index (χ2v) is 10.2. The van der Waals surface area contributed by atoms with Gasteiger partial charge in [0.2, 0.25) is 5.78 Å². The van der Waals surface area contributed by atoms with Gasteiger partial charge in [-0.3, -0.25) is 14.4 Å². The molecule has 0 bridgehead atoms. The number of ether oxygens (including phenoxy) is 1. The second-order valence-electron chi connectivity index (χ2n) is 10.2. The van der Waals surface area contributed by atoms with E-state index < -0.39 is 35.5 Å². The Morgan fingerprint density at radius 2 is 1.90 bits per heavy atom. The molecular weight excluding hydrogens is 395 g/mol. The summed E-state index contributed by atoms with van der Waals surface area (Å²) in [4.78, 5) is 36.0. The predicted molar refractivity (Wildman–Crippen MR) is 105 cm³/mol. The van der Waals surface area contributed by atoms with Gasteiger partial charge in [-0.1, -0.05) is 19.4 Å². The Kier molecular flexibility index (Phi) is 6.52. The Morgan fingerprint density at radius 3 is 2.57 bits per heavy atom. The zero-order valence-corrected chi connectivity index (χ0v) is 20.6. The molecule has 4 aliphatic carbocycles. The van der Waals surface area contributed by atoms with Gasteiger partial charge in [0.1, 0.15) is 5.60 Å². The van der Waals surface area contributed by atoms with Crippen LogP contribution < -0.4 is 29.6 Å². The first-order chi connectivity index (χ1) is 13.5. The molecule has 0 aliphatic heterocycles. The fourth-order valence-electron chi connectivity index (χ4n) is 7.44.